The van der Waals surface area contributed by atoms with Crippen molar-refractivity contribution >= 4 is 34.7 Å². The number of amidine groups is 1. The third kappa shape index (κ3) is 3.66. The van der Waals surface area contributed by atoms with Crippen LogP contribution in [0.15, 0.2) is 59.6 Å². The number of fused-ring (bicyclic) bond motifs is 3. The monoisotopic (exact) mass is 491 g/mol. The summed E-state index contributed by atoms with van der Waals surface area (Å²) < 4.78 is 5.28. The van der Waals surface area contributed by atoms with Crippen LogP contribution in [0.1, 0.15) is 30.0 Å². The molecule has 0 spiro atoms. The molecule has 182 valence electrons. The van der Waals surface area contributed by atoms with Crippen LogP contribution in [0.4, 0.5) is 0 Å². The minimum Gasteiger partial charge on any atom is -0.467 e. The molecular weight excluding hydrogens is 462 g/mol. The number of thioether (sulfide) groups is 1. The molecule has 3 aliphatic heterocycles. The lowest BCUT2D eigenvalue weighted by molar-refractivity contribution is -0.158. The quantitative estimate of drug-likeness (QED) is 0.455. The van der Waals surface area contributed by atoms with Gasteiger partial charge in [0.2, 0.25) is 11.8 Å². The second-order valence-corrected chi connectivity index (χ2v) is 10.3. The number of aliphatic imine (C=N–C) groups is 1. The van der Waals surface area contributed by atoms with E-state index in [0.717, 1.165) is 11.1 Å². The minimum atomic E-state index is -1.25. The molecule has 2 saturated heterocycles. The highest BCUT2D eigenvalue weighted by Gasteiger charge is 2.73. The van der Waals surface area contributed by atoms with Crippen LogP contribution in [0.5, 0.6) is 0 Å². The van der Waals surface area contributed by atoms with Gasteiger partial charge in [0.1, 0.15) is 0 Å². The van der Waals surface area contributed by atoms with Crippen molar-refractivity contribution in [2.45, 2.75) is 44.1 Å². The van der Waals surface area contributed by atoms with E-state index in [-0.39, 0.29) is 24.4 Å². The molecule has 2 amide bonds. The zero-order valence-corrected chi connectivity index (χ0v) is 21.0. The average molecular weight is 492 g/mol. The molecule has 35 heavy (non-hydrogen) atoms. The Hall–Kier alpha value is -3.13. The van der Waals surface area contributed by atoms with Gasteiger partial charge in [0.15, 0.2) is 10.7 Å². The van der Waals surface area contributed by atoms with Crippen molar-refractivity contribution in [1.29, 1.82) is 0 Å². The van der Waals surface area contributed by atoms with Crippen molar-refractivity contribution in [2.75, 3.05) is 13.7 Å². The number of methoxy groups -OCH3 is 1. The molecule has 2 fully saturated rings. The maximum atomic E-state index is 13.8. The highest BCUT2D eigenvalue weighted by molar-refractivity contribution is 8.13. The standard InChI is InChI=1S/C27H29N3O4S/c1-4-27(25(33)34-3)22-21(23(31)29(24(22)32)15-18-8-6-5-7-9-18)20-14-28-26(30(20)27)35-16-19-12-10-17(2)11-13-19/h5-13,20-22H,4,14-16H2,1-3H3/t20-,21+,22-,27-/m1/s1. The molecule has 0 N–H and O–H groups in total. The van der Waals surface area contributed by atoms with Gasteiger partial charge in [0.05, 0.1) is 38.1 Å². The number of aryl methyl sites for hydroxylation is 1. The highest BCUT2D eigenvalue weighted by atomic mass is 32.2. The van der Waals surface area contributed by atoms with Crippen LogP contribution in [-0.4, -0.2) is 58.0 Å². The molecule has 4 atom stereocenters. The van der Waals surface area contributed by atoms with E-state index in [0.29, 0.717) is 23.9 Å². The Bertz CT molecular complexity index is 1180. The molecule has 7 nitrogen and oxygen atoms in total. The number of rotatable bonds is 6. The molecule has 5 rings (SSSR count). The lowest BCUT2D eigenvalue weighted by Gasteiger charge is -2.39. The lowest BCUT2D eigenvalue weighted by Crippen LogP contribution is -2.59. The van der Waals surface area contributed by atoms with E-state index in [9.17, 15) is 14.4 Å². The summed E-state index contributed by atoms with van der Waals surface area (Å²) in [6.45, 7) is 4.52. The Labute approximate surface area is 209 Å². The number of esters is 1. The first kappa shape index (κ1) is 23.6. The summed E-state index contributed by atoms with van der Waals surface area (Å²) >= 11 is 1.54. The van der Waals surface area contributed by atoms with Gasteiger partial charge in [-0.25, -0.2) is 4.79 Å². The second-order valence-electron chi connectivity index (χ2n) is 9.36. The molecule has 3 heterocycles. The van der Waals surface area contributed by atoms with Gasteiger partial charge >= 0.3 is 5.97 Å². The smallest absolute Gasteiger partial charge is 0.332 e. The fourth-order valence-electron chi connectivity index (χ4n) is 5.81. The first-order valence-corrected chi connectivity index (χ1v) is 12.9. The van der Waals surface area contributed by atoms with E-state index in [1.165, 1.54) is 17.6 Å². The lowest BCUT2D eigenvalue weighted by atomic mass is 9.78. The number of carbonyl (C=O) groups is 3. The average Bonchev–Trinajstić information content (AvgIpc) is 3.50. The largest absolute Gasteiger partial charge is 0.467 e. The van der Waals surface area contributed by atoms with Gasteiger partial charge in [-0.15, -0.1) is 0 Å². The topological polar surface area (TPSA) is 79.3 Å². The predicted molar refractivity (Wildman–Crippen MR) is 134 cm³/mol. The number of hydrogen-bond acceptors (Lipinski definition) is 7. The molecule has 2 aromatic rings. The summed E-state index contributed by atoms with van der Waals surface area (Å²) in [5.41, 5.74) is 1.96. The van der Waals surface area contributed by atoms with E-state index in [4.69, 9.17) is 9.73 Å². The molecule has 0 aromatic heterocycles. The van der Waals surface area contributed by atoms with Crippen molar-refractivity contribution < 1.29 is 19.1 Å². The van der Waals surface area contributed by atoms with Crippen LogP contribution in [0, 0.1) is 18.8 Å². The zero-order valence-electron chi connectivity index (χ0n) is 20.1. The summed E-state index contributed by atoms with van der Waals surface area (Å²) in [5, 5.41) is 0.701. The van der Waals surface area contributed by atoms with Crippen LogP contribution in [-0.2, 0) is 31.4 Å². The number of benzene rings is 2. The highest BCUT2D eigenvalue weighted by Crippen LogP contribution is 2.54. The van der Waals surface area contributed by atoms with E-state index >= 15 is 0 Å². The van der Waals surface area contributed by atoms with Gasteiger partial charge < -0.3 is 9.64 Å². The summed E-state index contributed by atoms with van der Waals surface area (Å²) in [7, 11) is 1.34. The van der Waals surface area contributed by atoms with Crippen LogP contribution in [0.25, 0.3) is 0 Å². The molecule has 0 bridgehead atoms. The van der Waals surface area contributed by atoms with Crippen LogP contribution >= 0.6 is 11.8 Å². The normalized spacial score (nSPS) is 27.2. The van der Waals surface area contributed by atoms with Crippen molar-refractivity contribution in [3.8, 4) is 0 Å². The van der Waals surface area contributed by atoms with Gasteiger partial charge in [-0.05, 0) is 24.5 Å². The van der Waals surface area contributed by atoms with Crippen molar-refractivity contribution in [1.82, 2.24) is 9.80 Å². The Morgan fingerprint density at radius 2 is 1.80 bits per heavy atom. The Kier molecular flexibility index (Phi) is 6.17. The molecule has 0 aliphatic carbocycles. The SMILES string of the molecule is CC[C@]1(C(=O)OC)[C@H]2C(=O)N(Cc3ccccc3)C(=O)[C@H]2[C@H]2CN=C(SCc3ccc(C)cc3)N21. The summed E-state index contributed by atoms with van der Waals surface area (Å²) in [6.07, 6.45) is 0.347. The van der Waals surface area contributed by atoms with Gasteiger partial charge in [0.25, 0.3) is 0 Å². The van der Waals surface area contributed by atoms with E-state index < -0.39 is 23.3 Å². The molecule has 0 unspecified atom stereocenters. The molecule has 3 aliphatic rings. The third-order valence-electron chi connectivity index (χ3n) is 7.50. The number of ether oxygens (including phenoxy) is 1. The third-order valence-corrected chi connectivity index (χ3v) is 8.56. The molecule has 0 saturated carbocycles. The first-order valence-electron chi connectivity index (χ1n) is 11.9. The molecular formula is C27H29N3O4S. The van der Waals surface area contributed by atoms with Crippen molar-refractivity contribution in [3.05, 3.63) is 71.3 Å². The summed E-state index contributed by atoms with van der Waals surface area (Å²) in [4.78, 5) is 48.9. The first-order chi connectivity index (χ1) is 16.9. The number of imide groups is 1. The Morgan fingerprint density at radius 3 is 2.46 bits per heavy atom. The number of carbonyl (C=O) groups excluding carboxylic acids is 3. The van der Waals surface area contributed by atoms with Gasteiger partial charge in [-0.2, -0.15) is 0 Å². The van der Waals surface area contributed by atoms with Crippen molar-refractivity contribution in [3.63, 3.8) is 0 Å². The molecule has 2 aromatic carbocycles. The predicted octanol–water partition coefficient (Wildman–Crippen LogP) is 3.41. The number of likely N-dealkylation sites (tertiary alicyclic amines) is 1. The number of amides is 2. The second kappa shape index (κ2) is 9.15. The maximum Gasteiger partial charge on any atom is 0.332 e. The Morgan fingerprint density at radius 1 is 1.09 bits per heavy atom. The van der Waals surface area contributed by atoms with E-state index in [1.807, 2.05) is 49.1 Å². The van der Waals surface area contributed by atoms with Crippen molar-refractivity contribution in [2.24, 2.45) is 16.8 Å². The zero-order chi connectivity index (χ0) is 24.7. The fourth-order valence-corrected chi connectivity index (χ4v) is 6.90. The molecule has 8 heteroatoms. The van der Waals surface area contributed by atoms with Gasteiger partial charge in [-0.1, -0.05) is 78.8 Å². The summed E-state index contributed by atoms with van der Waals surface area (Å²) in [5.74, 6) is -1.73. The van der Waals surface area contributed by atoms with Crippen LogP contribution in [0.2, 0.25) is 0 Å². The maximum absolute atomic E-state index is 13.8. The van der Waals surface area contributed by atoms with Gasteiger partial charge in [-0.3, -0.25) is 19.5 Å². The van der Waals surface area contributed by atoms with Crippen LogP contribution < -0.4 is 0 Å². The van der Waals surface area contributed by atoms with Gasteiger partial charge in [0, 0.05) is 5.75 Å². The molecule has 0 radical (unpaired) electrons. The number of hydrogen-bond donors (Lipinski definition) is 0. The minimum absolute atomic E-state index is 0.203. The Balaban J connectivity index is 1.47. The fraction of sp³-hybridized carbons (Fsp3) is 0.407. The van der Waals surface area contributed by atoms with E-state index in [1.54, 1.807) is 11.8 Å². The number of nitrogens with zero attached hydrogens (tertiary/aromatic N) is 3. The van der Waals surface area contributed by atoms with E-state index in [2.05, 4.69) is 24.3 Å². The summed E-state index contributed by atoms with van der Waals surface area (Å²) in [6, 6.07) is 17.4. The van der Waals surface area contributed by atoms with Crippen LogP contribution in [0.3, 0.4) is 0 Å².